The van der Waals surface area contributed by atoms with Gasteiger partial charge in [-0.15, -0.1) is 0 Å². The molecule has 0 N–H and O–H groups in total. The number of aromatic nitrogens is 3. The normalized spacial score (nSPS) is 19.0. The largest absolute Gasteiger partial charge is 0.456 e. The van der Waals surface area contributed by atoms with Gasteiger partial charge in [0.1, 0.15) is 22.3 Å². The van der Waals surface area contributed by atoms with Crippen LogP contribution in [0.2, 0.25) is 0 Å². The lowest BCUT2D eigenvalue weighted by molar-refractivity contribution is 0.669. The zero-order chi connectivity index (χ0) is 53.4. The Morgan fingerprint density at radius 1 is 0.396 bits per heavy atom. The summed E-state index contributed by atoms with van der Waals surface area (Å²) in [5.41, 5.74) is -5.77. The molecule has 48 heavy (non-hydrogen) atoms. The van der Waals surface area contributed by atoms with Crippen LogP contribution >= 0.6 is 0 Å². The molecule has 0 aliphatic heterocycles. The molecule has 10 aromatic rings. The first-order valence-electron chi connectivity index (χ1n) is 26.4. The lowest BCUT2D eigenvalue weighted by Crippen LogP contribution is -2.00. The number of para-hydroxylation sites is 2. The van der Waals surface area contributed by atoms with Gasteiger partial charge < -0.3 is 8.83 Å². The van der Waals surface area contributed by atoms with E-state index in [9.17, 15) is 6.85 Å². The van der Waals surface area contributed by atoms with Crippen LogP contribution in [0.4, 0.5) is 0 Å². The molecule has 0 unspecified atom stereocenters. The number of nitrogens with zero attached hydrogens (tertiary/aromatic N) is 3. The van der Waals surface area contributed by atoms with Gasteiger partial charge in [-0.1, -0.05) is 115 Å². The van der Waals surface area contributed by atoms with Crippen LogP contribution in [0, 0.1) is 0 Å². The smallest absolute Gasteiger partial charge is 0.164 e. The highest BCUT2D eigenvalue weighted by Gasteiger charge is 2.21. The highest BCUT2D eigenvalue weighted by atomic mass is 16.3. The zero-order valence-electron chi connectivity index (χ0n) is 48.7. The molecule has 10 rings (SSSR count). The highest BCUT2D eigenvalue weighted by Crippen LogP contribution is 2.42. The number of furan rings is 2. The van der Waals surface area contributed by atoms with E-state index in [4.69, 9.17) is 36.2 Å². The maximum absolute atomic E-state index is 9.74. The Bertz CT molecular complexity index is 4230. The second-order valence-corrected chi connectivity index (χ2v) is 10.1. The van der Waals surface area contributed by atoms with E-state index in [2.05, 4.69) is 15.0 Å². The lowest BCUT2D eigenvalue weighted by atomic mass is 9.98. The summed E-state index contributed by atoms with van der Waals surface area (Å²) in [6.07, 6.45) is 0. The van der Waals surface area contributed by atoms with Gasteiger partial charge in [-0.3, -0.25) is 0 Å². The lowest BCUT2D eigenvalue weighted by Gasteiger charge is -2.11. The van der Waals surface area contributed by atoms with Crippen LogP contribution in [0.15, 0.2) is 160 Å². The van der Waals surface area contributed by atoms with Crippen LogP contribution in [0.3, 0.4) is 0 Å². The van der Waals surface area contributed by atoms with Crippen molar-refractivity contribution >= 4 is 54.6 Å². The maximum Gasteiger partial charge on any atom is 0.164 e. The Hall–Kier alpha value is -6.59. The van der Waals surface area contributed by atoms with Crippen molar-refractivity contribution in [1.82, 2.24) is 15.0 Å². The molecular weight excluding hydrogens is 590 g/mol. The number of benzene rings is 7. The molecule has 3 aromatic heterocycles. The first-order chi connectivity index (χ1) is 34.2. The summed E-state index contributed by atoms with van der Waals surface area (Å²) >= 11 is 0. The van der Waals surface area contributed by atoms with Gasteiger partial charge in [0.25, 0.3) is 0 Å². The minimum absolute atomic E-state index is 0.353. The molecule has 0 saturated heterocycles. The van der Waals surface area contributed by atoms with Gasteiger partial charge in [0.2, 0.25) is 0 Å². The van der Waals surface area contributed by atoms with Crippen molar-refractivity contribution < 1.29 is 43.1 Å². The summed E-state index contributed by atoms with van der Waals surface area (Å²) in [5, 5.41) is -2.77. The van der Waals surface area contributed by atoms with E-state index >= 15 is 0 Å². The van der Waals surface area contributed by atoms with E-state index in [1.807, 2.05) is 0 Å². The second kappa shape index (κ2) is 10.5. The molecule has 0 atom stereocenters. The average molecular weight is 641 g/mol. The van der Waals surface area contributed by atoms with Crippen LogP contribution in [0.1, 0.15) is 34.3 Å². The van der Waals surface area contributed by atoms with Crippen molar-refractivity contribution in [1.29, 1.82) is 0 Å². The van der Waals surface area contributed by atoms with Crippen LogP contribution in [0.5, 0.6) is 0 Å². The van der Waals surface area contributed by atoms with Gasteiger partial charge in [-0.05, 0) is 52.6 Å². The molecule has 0 radical (unpaired) electrons. The van der Waals surface area contributed by atoms with Gasteiger partial charge in [0.15, 0.2) is 17.5 Å². The van der Waals surface area contributed by atoms with Gasteiger partial charge in [-0.25, -0.2) is 15.0 Å². The average Bonchev–Trinajstić information content (AvgIpc) is 3.96. The minimum atomic E-state index is -0.979. The number of rotatable bonds is 4. The molecule has 0 spiro atoms. The van der Waals surface area contributed by atoms with E-state index in [-0.39, 0.29) is 10.8 Å². The Morgan fingerprint density at radius 2 is 0.979 bits per heavy atom. The monoisotopic (exact) mass is 640 g/mol. The first-order valence-corrected chi connectivity index (χ1v) is 13.9. The fraction of sp³-hybridized carbons (Fsp3) is 0. The van der Waals surface area contributed by atoms with Crippen molar-refractivity contribution in [3.63, 3.8) is 0 Å². The minimum Gasteiger partial charge on any atom is -0.456 e. The molecule has 7 aromatic carbocycles. The van der Waals surface area contributed by atoms with Crippen LogP contribution in [0.25, 0.3) is 99.9 Å². The van der Waals surface area contributed by atoms with Crippen molar-refractivity contribution in [2.24, 2.45) is 0 Å². The molecule has 0 aliphatic rings. The molecule has 0 amide bonds. The molecule has 0 bridgehead atoms. The fourth-order valence-electron chi connectivity index (χ4n) is 5.34. The Morgan fingerprint density at radius 3 is 1.75 bits per heavy atom. The number of hydrogen-bond acceptors (Lipinski definition) is 5. The summed E-state index contributed by atoms with van der Waals surface area (Å²) in [7, 11) is 0. The third-order valence-electron chi connectivity index (χ3n) is 7.38. The van der Waals surface area contributed by atoms with E-state index in [1.165, 1.54) is 0 Å². The predicted octanol–water partition coefficient (Wildman–Crippen LogP) is 11.5. The fourth-order valence-corrected chi connectivity index (χ4v) is 5.34. The quantitative estimate of drug-likeness (QED) is 0.191. The van der Waals surface area contributed by atoms with Crippen molar-refractivity contribution in [2.45, 2.75) is 0 Å². The molecule has 224 valence electrons. The summed E-state index contributed by atoms with van der Waals surface area (Å²) in [6.45, 7) is 0. The molecule has 5 heteroatoms. The molecule has 3 heterocycles. The highest BCUT2D eigenvalue weighted by molar-refractivity contribution is 6.19. The van der Waals surface area contributed by atoms with Crippen molar-refractivity contribution in [3.8, 4) is 45.3 Å². The Balaban J connectivity index is 1.44. The maximum atomic E-state index is 9.74. The van der Waals surface area contributed by atoms with Gasteiger partial charge >= 0.3 is 0 Å². The summed E-state index contributed by atoms with van der Waals surface area (Å²) in [4.78, 5) is 13.3. The second-order valence-electron chi connectivity index (χ2n) is 10.1. The van der Waals surface area contributed by atoms with E-state index in [0.29, 0.717) is 0 Å². The van der Waals surface area contributed by atoms with E-state index in [0.717, 1.165) is 0 Å². The Kier molecular flexibility index (Phi) is 2.59. The van der Waals surface area contributed by atoms with Crippen molar-refractivity contribution in [3.05, 3.63) is 151 Å². The van der Waals surface area contributed by atoms with Crippen LogP contribution in [-0.2, 0) is 0 Å². The number of hydrogen-bond donors (Lipinski definition) is 0. The summed E-state index contributed by atoms with van der Waals surface area (Å²) in [6, 6.07) is -21.0. The standard InChI is InChI=1S/C43H25N3O2/c1-3-11-26(12-4-1)30-22-23-33(39-32-16-8-10-18-36(32)48-40(30)39)43-45-41(28-13-5-2-6-14-28)44-42(46-43)29-20-19-27-21-24-37-38(34(27)25-29)31-15-7-9-17-35(31)47-37/h1-25H/i1D,2D,3D,4D,5D,6D,7D,8D,9D,10D,11D,12D,13D,14D,15D,16D,17D,18D,19D,20D,21D,22D,23D,24D,25D. The Labute approximate surface area is 309 Å². The summed E-state index contributed by atoms with van der Waals surface area (Å²) in [5.74, 6) is -2.51. The van der Waals surface area contributed by atoms with Crippen LogP contribution in [-0.4, -0.2) is 15.0 Å². The molecule has 0 fully saturated rings. The van der Waals surface area contributed by atoms with Crippen LogP contribution < -0.4 is 0 Å². The van der Waals surface area contributed by atoms with Gasteiger partial charge in [0.05, 0.1) is 34.3 Å². The molecule has 0 saturated carbocycles. The van der Waals surface area contributed by atoms with Gasteiger partial charge in [-0.2, -0.15) is 0 Å². The molecule has 0 aliphatic carbocycles. The van der Waals surface area contributed by atoms with E-state index < -0.39 is 240 Å². The van der Waals surface area contributed by atoms with E-state index in [1.54, 1.807) is 0 Å². The molecular formula is C43H25N3O2. The van der Waals surface area contributed by atoms with Gasteiger partial charge in [0, 0.05) is 43.8 Å². The molecule has 5 nitrogen and oxygen atoms in total. The number of fused-ring (bicyclic) bond motifs is 8. The van der Waals surface area contributed by atoms with Crippen molar-refractivity contribution in [2.75, 3.05) is 0 Å². The third kappa shape index (κ3) is 4.15. The topological polar surface area (TPSA) is 65.0 Å². The summed E-state index contributed by atoms with van der Waals surface area (Å²) < 4.78 is 231. The third-order valence-corrected chi connectivity index (χ3v) is 7.38. The predicted molar refractivity (Wildman–Crippen MR) is 194 cm³/mol. The SMILES string of the molecule is [2H]c1c([2H])c([2H])c(-c2nc(-c3c([2H])c([2H])c4c([2H])c([2H])c5oc6c([2H])c([2H])c([2H])c([2H])c6c5c4c3[2H])nc(-c3c([2H])c([2H])c(-c4c([2H])c([2H])c([2H])c([2H])c4[2H])c4oc5c([2H])c([2H])c([2H])c([2H])c5c34)n2)c([2H])c1[2H]. The zero-order valence-corrected chi connectivity index (χ0v) is 23.7. The first kappa shape index (κ1) is 11.9.